The van der Waals surface area contributed by atoms with Crippen LogP contribution in [0.2, 0.25) is 0 Å². The van der Waals surface area contributed by atoms with Gasteiger partial charge in [0.2, 0.25) is 0 Å². The molecule has 7 nitrogen and oxygen atoms in total. The van der Waals surface area contributed by atoms with Crippen molar-refractivity contribution >= 4 is 33.3 Å². The van der Waals surface area contributed by atoms with Gasteiger partial charge in [-0.15, -0.1) is 5.10 Å². The number of anilines is 1. The molecule has 0 aliphatic rings. The molecule has 0 fully saturated rings. The predicted octanol–water partition coefficient (Wildman–Crippen LogP) is 4.26. The lowest BCUT2D eigenvalue weighted by Crippen LogP contribution is -2.12. The highest BCUT2D eigenvalue weighted by Crippen LogP contribution is 2.29. The van der Waals surface area contributed by atoms with Crippen LogP contribution in [-0.4, -0.2) is 28.0 Å². The zero-order chi connectivity index (χ0) is 21.3. The molecule has 9 heteroatoms. The minimum Gasteiger partial charge on any atom is -0.280 e. The fourth-order valence-electron chi connectivity index (χ4n) is 2.89. The van der Waals surface area contributed by atoms with Crippen molar-refractivity contribution in [1.29, 1.82) is 0 Å². The molecule has 0 bridgehead atoms. The topological polar surface area (TPSA) is 89.2 Å². The van der Waals surface area contributed by atoms with Gasteiger partial charge in [0, 0.05) is 16.3 Å². The molecular formula is C21H21N5O2S2. The number of sulfonamides is 1. The number of aromatic nitrogens is 4. The molecule has 4 rings (SSSR count). The van der Waals surface area contributed by atoms with Crippen LogP contribution in [0.5, 0.6) is 0 Å². The lowest BCUT2D eigenvalue weighted by Gasteiger charge is -2.10. The van der Waals surface area contributed by atoms with Gasteiger partial charge in [0.25, 0.3) is 15.8 Å². The van der Waals surface area contributed by atoms with Crippen LogP contribution in [0.1, 0.15) is 24.0 Å². The summed E-state index contributed by atoms with van der Waals surface area (Å²) in [6, 6.07) is 16.0. The minimum absolute atomic E-state index is 0.236. The number of nitrogens with one attached hydrogen (secondary N) is 1. The van der Waals surface area contributed by atoms with Crippen molar-refractivity contribution in [1.82, 2.24) is 19.6 Å². The number of rotatable bonds is 6. The summed E-state index contributed by atoms with van der Waals surface area (Å²) in [5.74, 6) is 1.25. The molecule has 0 unspecified atom stereocenters. The SMILES string of the molecule is CCc1cc(Sc2ccc(NS(=O)(=O)c3ccc(C)cc3)cc2)n2nc(C)nc2n1. The smallest absolute Gasteiger partial charge is 0.261 e. The van der Waals surface area contributed by atoms with E-state index < -0.39 is 10.0 Å². The Bertz CT molecular complexity index is 1300. The van der Waals surface area contributed by atoms with Crippen LogP contribution in [-0.2, 0) is 16.4 Å². The lowest BCUT2D eigenvalue weighted by atomic mass is 10.2. The van der Waals surface area contributed by atoms with E-state index in [0.717, 1.165) is 27.6 Å². The second kappa shape index (κ2) is 8.08. The number of hydrogen-bond donors (Lipinski definition) is 1. The first-order valence-corrected chi connectivity index (χ1v) is 11.7. The van der Waals surface area contributed by atoms with Crippen LogP contribution < -0.4 is 4.72 Å². The summed E-state index contributed by atoms with van der Waals surface area (Å²) in [6.07, 6.45) is 0.801. The predicted molar refractivity (Wildman–Crippen MR) is 117 cm³/mol. The molecule has 0 radical (unpaired) electrons. The second-order valence-corrected chi connectivity index (χ2v) is 9.63. The molecule has 0 saturated heterocycles. The quantitative estimate of drug-likeness (QED) is 0.452. The van der Waals surface area contributed by atoms with Gasteiger partial charge in [0.1, 0.15) is 10.9 Å². The summed E-state index contributed by atoms with van der Waals surface area (Å²) in [5.41, 5.74) is 2.46. The van der Waals surface area contributed by atoms with E-state index in [1.807, 2.05) is 39.0 Å². The van der Waals surface area contributed by atoms with E-state index in [2.05, 4.69) is 19.8 Å². The first-order chi connectivity index (χ1) is 14.3. The molecule has 0 atom stereocenters. The summed E-state index contributed by atoms with van der Waals surface area (Å²) in [7, 11) is -3.62. The Morgan fingerprint density at radius 1 is 1.00 bits per heavy atom. The van der Waals surface area contributed by atoms with Crippen molar-refractivity contribution in [2.75, 3.05) is 4.72 Å². The van der Waals surface area contributed by atoms with Gasteiger partial charge in [0.15, 0.2) is 0 Å². The third kappa shape index (κ3) is 4.31. The van der Waals surface area contributed by atoms with E-state index >= 15 is 0 Å². The first-order valence-electron chi connectivity index (χ1n) is 9.45. The Morgan fingerprint density at radius 2 is 1.70 bits per heavy atom. The highest BCUT2D eigenvalue weighted by atomic mass is 32.2. The number of hydrogen-bond acceptors (Lipinski definition) is 6. The summed E-state index contributed by atoms with van der Waals surface area (Å²) in [6.45, 7) is 5.80. The average Bonchev–Trinajstić information content (AvgIpc) is 3.10. The van der Waals surface area contributed by atoms with E-state index in [4.69, 9.17) is 0 Å². The van der Waals surface area contributed by atoms with Gasteiger partial charge in [-0.25, -0.2) is 13.4 Å². The summed E-state index contributed by atoms with van der Waals surface area (Å²) in [5, 5.41) is 5.33. The van der Waals surface area contributed by atoms with Gasteiger partial charge in [-0.05, 0) is 62.7 Å². The Hall–Kier alpha value is -2.91. The Morgan fingerprint density at radius 3 is 2.37 bits per heavy atom. The van der Waals surface area contributed by atoms with Crippen molar-refractivity contribution in [2.45, 2.75) is 42.0 Å². The molecule has 1 N–H and O–H groups in total. The zero-order valence-corrected chi connectivity index (χ0v) is 18.5. The Labute approximate surface area is 179 Å². The first kappa shape index (κ1) is 20.4. The molecule has 4 aromatic rings. The highest BCUT2D eigenvalue weighted by Gasteiger charge is 2.14. The number of nitrogens with zero attached hydrogens (tertiary/aromatic N) is 4. The van der Waals surface area contributed by atoms with Gasteiger partial charge in [-0.3, -0.25) is 4.72 Å². The van der Waals surface area contributed by atoms with Gasteiger partial charge < -0.3 is 0 Å². The van der Waals surface area contributed by atoms with Crippen LogP contribution in [0.15, 0.2) is 69.4 Å². The molecule has 2 heterocycles. The van der Waals surface area contributed by atoms with Crippen molar-refractivity contribution in [2.24, 2.45) is 0 Å². The normalized spacial score (nSPS) is 11.7. The van der Waals surface area contributed by atoms with Crippen molar-refractivity contribution in [3.63, 3.8) is 0 Å². The van der Waals surface area contributed by atoms with Crippen LogP contribution in [0, 0.1) is 13.8 Å². The summed E-state index contributed by atoms with van der Waals surface area (Å²) >= 11 is 1.53. The summed E-state index contributed by atoms with van der Waals surface area (Å²) < 4.78 is 29.5. The van der Waals surface area contributed by atoms with E-state index in [1.165, 1.54) is 11.8 Å². The standard InChI is InChI=1S/C21H21N5O2S2/c1-4-16-13-20(26-21(23-16)22-15(3)24-26)29-18-9-7-17(8-10-18)25-30(27,28)19-11-5-14(2)6-12-19/h5-13,25H,4H2,1-3H3. The van der Waals surface area contributed by atoms with E-state index in [1.54, 1.807) is 40.9 Å². The fraction of sp³-hybridized carbons (Fsp3) is 0.190. The molecule has 0 spiro atoms. The van der Waals surface area contributed by atoms with Crippen LogP contribution in [0.25, 0.3) is 5.78 Å². The average molecular weight is 440 g/mol. The lowest BCUT2D eigenvalue weighted by molar-refractivity contribution is 0.601. The second-order valence-electron chi connectivity index (χ2n) is 6.86. The molecular weight excluding hydrogens is 418 g/mol. The van der Waals surface area contributed by atoms with Gasteiger partial charge >= 0.3 is 0 Å². The van der Waals surface area contributed by atoms with E-state index in [0.29, 0.717) is 17.3 Å². The number of aryl methyl sites for hydroxylation is 3. The van der Waals surface area contributed by atoms with Crippen LogP contribution in [0.3, 0.4) is 0 Å². The molecule has 0 aliphatic heterocycles. The van der Waals surface area contributed by atoms with Crippen molar-refractivity contribution in [3.05, 3.63) is 71.7 Å². The van der Waals surface area contributed by atoms with Gasteiger partial charge in [-0.1, -0.05) is 36.4 Å². The third-order valence-corrected chi connectivity index (χ3v) is 6.87. The largest absolute Gasteiger partial charge is 0.280 e. The third-order valence-electron chi connectivity index (χ3n) is 4.46. The highest BCUT2D eigenvalue weighted by molar-refractivity contribution is 7.99. The van der Waals surface area contributed by atoms with E-state index in [-0.39, 0.29) is 4.90 Å². The molecule has 0 aliphatic carbocycles. The van der Waals surface area contributed by atoms with Crippen molar-refractivity contribution in [3.8, 4) is 0 Å². The molecule has 0 amide bonds. The molecule has 0 saturated carbocycles. The molecule has 2 aromatic heterocycles. The summed E-state index contributed by atoms with van der Waals surface area (Å²) in [4.78, 5) is 10.1. The van der Waals surface area contributed by atoms with Crippen LogP contribution >= 0.6 is 11.8 Å². The zero-order valence-electron chi connectivity index (χ0n) is 16.8. The fourth-order valence-corrected chi connectivity index (χ4v) is 4.86. The van der Waals surface area contributed by atoms with Crippen molar-refractivity contribution < 1.29 is 8.42 Å². The number of fused-ring (bicyclic) bond motifs is 1. The number of benzene rings is 2. The van der Waals surface area contributed by atoms with Gasteiger partial charge in [-0.2, -0.15) is 9.50 Å². The monoisotopic (exact) mass is 439 g/mol. The maximum absolute atomic E-state index is 12.6. The molecule has 2 aromatic carbocycles. The van der Waals surface area contributed by atoms with E-state index in [9.17, 15) is 8.42 Å². The molecule has 154 valence electrons. The minimum atomic E-state index is -3.62. The molecule has 30 heavy (non-hydrogen) atoms. The van der Waals surface area contributed by atoms with Gasteiger partial charge in [0.05, 0.1) is 4.90 Å². The van der Waals surface area contributed by atoms with Crippen LogP contribution in [0.4, 0.5) is 5.69 Å². The Balaban J connectivity index is 1.56. The maximum atomic E-state index is 12.6. The Kier molecular flexibility index (Phi) is 5.48. The maximum Gasteiger partial charge on any atom is 0.261 e.